The van der Waals surface area contributed by atoms with Gasteiger partial charge in [0.2, 0.25) is 10.0 Å². The Bertz CT molecular complexity index is 1290. The Hall–Kier alpha value is -2.98. The molecular weight excluding hydrogens is 499 g/mol. The molecule has 3 rings (SSSR count). The number of para-hydroxylation sites is 2. The van der Waals surface area contributed by atoms with Crippen LogP contribution in [0.5, 0.6) is 0 Å². The first kappa shape index (κ1) is 23.7. The normalized spacial score (nSPS) is 11.7. The number of anilines is 1. The molecular formula is C22H22BrFN4O3S. The molecule has 0 aliphatic carbocycles. The number of nitrogens with zero attached hydrogens (tertiary/aromatic N) is 3. The molecule has 3 aromatic rings. The summed E-state index contributed by atoms with van der Waals surface area (Å²) in [5.74, 6) is -0.954. The third kappa shape index (κ3) is 5.25. The fourth-order valence-corrected chi connectivity index (χ4v) is 4.78. The molecule has 0 aliphatic heterocycles. The van der Waals surface area contributed by atoms with Crippen LogP contribution in [-0.2, 0) is 14.8 Å². The number of nitrogens with one attached hydrogen (secondary N) is 1. The molecule has 0 saturated heterocycles. The minimum absolute atomic E-state index is 0.348. The Balaban J connectivity index is 1.76. The van der Waals surface area contributed by atoms with Gasteiger partial charge in [-0.15, -0.1) is 0 Å². The summed E-state index contributed by atoms with van der Waals surface area (Å²) >= 11 is 3.31. The summed E-state index contributed by atoms with van der Waals surface area (Å²) in [6, 6.07) is 15.0. The SMILES string of the molecule is Cc1cc(/C=N/NC(=O)CN(c2ccccc2Br)S(C)(=O)=O)c(C)n1-c1ccccc1F. The van der Waals surface area contributed by atoms with E-state index in [0.29, 0.717) is 21.4 Å². The molecule has 1 amide bonds. The summed E-state index contributed by atoms with van der Waals surface area (Å²) in [6.45, 7) is 3.23. The van der Waals surface area contributed by atoms with Crippen LogP contribution >= 0.6 is 15.9 Å². The van der Waals surface area contributed by atoms with Gasteiger partial charge in [0.15, 0.2) is 0 Å². The number of carbonyl (C=O) groups excluding carboxylic acids is 1. The summed E-state index contributed by atoms with van der Waals surface area (Å²) in [7, 11) is -3.70. The van der Waals surface area contributed by atoms with Crippen LogP contribution in [0.25, 0.3) is 5.69 Å². The molecule has 2 aromatic carbocycles. The quantitative estimate of drug-likeness (QED) is 0.378. The van der Waals surface area contributed by atoms with Crippen molar-refractivity contribution >= 4 is 43.8 Å². The van der Waals surface area contributed by atoms with Crippen molar-refractivity contribution in [1.82, 2.24) is 9.99 Å². The number of aryl methyl sites for hydroxylation is 1. The van der Waals surface area contributed by atoms with E-state index in [-0.39, 0.29) is 5.82 Å². The summed E-state index contributed by atoms with van der Waals surface area (Å²) < 4.78 is 41.9. The average molecular weight is 521 g/mol. The summed E-state index contributed by atoms with van der Waals surface area (Å²) in [5.41, 5.74) is 5.37. The van der Waals surface area contributed by atoms with Crippen LogP contribution < -0.4 is 9.73 Å². The van der Waals surface area contributed by atoms with Crippen LogP contribution in [0.1, 0.15) is 17.0 Å². The Labute approximate surface area is 194 Å². The predicted molar refractivity (Wildman–Crippen MR) is 127 cm³/mol. The van der Waals surface area contributed by atoms with Crippen LogP contribution in [0.15, 0.2) is 64.2 Å². The molecule has 1 aromatic heterocycles. The van der Waals surface area contributed by atoms with Crippen LogP contribution in [0.4, 0.5) is 10.1 Å². The van der Waals surface area contributed by atoms with Gasteiger partial charge in [-0.2, -0.15) is 5.10 Å². The van der Waals surface area contributed by atoms with E-state index in [1.165, 1.54) is 12.3 Å². The van der Waals surface area contributed by atoms with Gasteiger partial charge in [0, 0.05) is 21.4 Å². The van der Waals surface area contributed by atoms with E-state index in [0.717, 1.165) is 21.9 Å². The highest BCUT2D eigenvalue weighted by Gasteiger charge is 2.22. The topological polar surface area (TPSA) is 83.8 Å². The number of hydrazone groups is 1. The molecule has 7 nitrogen and oxygen atoms in total. The molecule has 0 saturated carbocycles. The molecule has 1 heterocycles. The second kappa shape index (κ2) is 9.66. The number of aromatic nitrogens is 1. The summed E-state index contributed by atoms with van der Waals surface area (Å²) in [6.07, 6.45) is 2.47. The molecule has 0 spiro atoms. The van der Waals surface area contributed by atoms with Crippen LogP contribution in [0.3, 0.4) is 0 Å². The van der Waals surface area contributed by atoms with Gasteiger partial charge in [-0.25, -0.2) is 18.2 Å². The molecule has 0 bridgehead atoms. The number of benzene rings is 2. The molecule has 0 atom stereocenters. The first-order valence-electron chi connectivity index (χ1n) is 9.57. The molecule has 0 fully saturated rings. The molecule has 0 unspecified atom stereocenters. The van der Waals surface area contributed by atoms with E-state index in [9.17, 15) is 17.6 Å². The van der Waals surface area contributed by atoms with E-state index in [1.54, 1.807) is 47.0 Å². The number of sulfonamides is 1. The number of hydrogen-bond donors (Lipinski definition) is 1. The van der Waals surface area contributed by atoms with Crippen molar-refractivity contribution in [3.8, 4) is 5.69 Å². The molecule has 168 valence electrons. The first-order valence-corrected chi connectivity index (χ1v) is 12.2. The van der Waals surface area contributed by atoms with Crippen LogP contribution in [0.2, 0.25) is 0 Å². The molecule has 0 radical (unpaired) electrons. The van der Waals surface area contributed by atoms with Crippen molar-refractivity contribution in [2.75, 3.05) is 17.1 Å². The Morgan fingerprint density at radius 1 is 1.19 bits per heavy atom. The number of rotatable bonds is 7. The molecule has 1 N–H and O–H groups in total. The Kier molecular flexibility index (Phi) is 7.15. The lowest BCUT2D eigenvalue weighted by Crippen LogP contribution is -2.39. The van der Waals surface area contributed by atoms with Crippen molar-refractivity contribution in [2.45, 2.75) is 13.8 Å². The van der Waals surface area contributed by atoms with E-state index in [4.69, 9.17) is 0 Å². The maximum absolute atomic E-state index is 14.2. The van der Waals surface area contributed by atoms with E-state index in [2.05, 4.69) is 26.5 Å². The third-order valence-corrected chi connectivity index (χ3v) is 6.56. The zero-order chi connectivity index (χ0) is 23.5. The molecule has 10 heteroatoms. The zero-order valence-electron chi connectivity index (χ0n) is 17.7. The molecule has 32 heavy (non-hydrogen) atoms. The van der Waals surface area contributed by atoms with Gasteiger partial charge < -0.3 is 4.57 Å². The Morgan fingerprint density at radius 3 is 2.50 bits per heavy atom. The highest BCUT2D eigenvalue weighted by atomic mass is 79.9. The number of amides is 1. The van der Waals surface area contributed by atoms with Gasteiger partial charge in [0.1, 0.15) is 12.4 Å². The van der Waals surface area contributed by atoms with Gasteiger partial charge in [0.25, 0.3) is 5.91 Å². The number of carbonyl (C=O) groups is 1. The average Bonchev–Trinajstić information content (AvgIpc) is 3.00. The van der Waals surface area contributed by atoms with Gasteiger partial charge in [-0.3, -0.25) is 9.10 Å². The molecule has 0 aliphatic rings. The standard InChI is InChI=1S/C22H22BrFN4O3S/c1-15-12-17(16(2)28(15)21-11-7-5-9-19(21)24)13-25-26-22(29)14-27(32(3,30)31)20-10-6-4-8-18(20)23/h4-13H,14H2,1-3H3,(H,26,29)/b25-13+. The lowest BCUT2D eigenvalue weighted by molar-refractivity contribution is -0.119. The van der Waals surface area contributed by atoms with Crippen LogP contribution in [-0.4, -0.2) is 37.9 Å². The van der Waals surface area contributed by atoms with Crippen molar-refractivity contribution in [3.05, 3.63) is 81.8 Å². The van der Waals surface area contributed by atoms with Gasteiger partial charge in [-0.05, 0) is 60.1 Å². The minimum atomic E-state index is -3.70. The second-order valence-corrected chi connectivity index (χ2v) is 9.89. The van der Waals surface area contributed by atoms with Gasteiger partial charge >= 0.3 is 0 Å². The fraction of sp³-hybridized carbons (Fsp3) is 0.182. The van der Waals surface area contributed by atoms with Crippen molar-refractivity contribution in [2.24, 2.45) is 5.10 Å². The van der Waals surface area contributed by atoms with Gasteiger partial charge in [-0.1, -0.05) is 24.3 Å². The lowest BCUT2D eigenvalue weighted by atomic mass is 10.2. The lowest BCUT2D eigenvalue weighted by Gasteiger charge is -2.22. The maximum atomic E-state index is 14.2. The van der Waals surface area contributed by atoms with Crippen LogP contribution in [0, 0.1) is 19.7 Å². The van der Waals surface area contributed by atoms with E-state index in [1.807, 2.05) is 19.9 Å². The Morgan fingerprint density at radius 2 is 1.84 bits per heavy atom. The minimum Gasteiger partial charge on any atom is -0.315 e. The van der Waals surface area contributed by atoms with Crippen molar-refractivity contribution < 1.29 is 17.6 Å². The number of halogens is 2. The van der Waals surface area contributed by atoms with E-state index < -0.39 is 22.5 Å². The maximum Gasteiger partial charge on any atom is 0.260 e. The first-order chi connectivity index (χ1) is 15.1. The number of hydrogen-bond acceptors (Lipinski definition) is 4. The second-order valence-electron chi connectivity index (χ2n) is 7.13. The zero-order valence-corrected chi connectivity index (χ0v) is 20.1. The third-order valence-electron chi connectivity index (χ3n) is 4.77. The largest absolute Gasteiger partial charge is 0.315 e. The summed E-state index contributed by atoms with van der Waals surface area (Å²) in [4.78, 5) is 12.4. The highest BCUT2D eigenvalue weighted by Crippen LogP contribution is 2.27. The smallest absolute Gasteiger partial charge is 0.260 e. The monoisotopic (exact) mass is 520 g/mol. The fourth-order valence-electron chi connectivity index (χ4n) is 3.30. The van der Waals surface area contributed by atoms with E-state index >= 15 is 0 Å². The van der Waals surface area contributed by atoms with Gasteiger partial charge in [0.05, 0.1) is 23.8 Å². The predicted octanol–water partition coefficient (Wildman–Crippen LogP) is 3.91. The van der Waals surface area contributed by atoms with Crippen molar-refractivity contribution in [1.29, 1.82) is 0 Å². The summed E-state index contributed by atoms with van der Waals surface area (Å²) in [5, 5.41) is 3.96. The highest BCUT2D eigenvalue weighted by molar-refractivity contribution is 9.10. The van der Waals surface area contributed by atoms with Crippen molar-refractivity contribution in [3.63, 3.8) is 0 Å².